The third-order valence-corrected chi connectivity index (χ3v) is 4.29. The van der Waals surface area contributed by atoms with Crippen LogP contribution >= 0.6 is 23.8 Å². The van der Waals surface area contributed by atoms with Crippen molar-refractivity contribution in [3.63, 3.8) is 0 Å². The molecule has 0 aromatic heterocycles. The van der Waals surface area contributed by atoms with Crippen molar-refractivity contribution in [2.75, 3.05) is 5.32 Å². The van der Waals surface area contributed by atoms with Crippen molar-refractivity contribution in [1.29, 1.82) is 0 Å². The summed E-state index contributed by atoms with van der Waals surface area (Å²) in [5.74, 6) is -0.166. The molecule has 1 aliphatic rings. The number of rotatable bonds is 2. The van der Waals surface area contributed by atoms with Gasteiger partial charge in [0.2, 0.25) is 0 Å². The first kappa shape index (κ1) is 14.2. The molecular weight excluding hydrogens is 302 g/mol. The molecule has 4 heteroatoms. The molecule has 0 aliphatic heterocycles. The van der Waals surface area contributed by atoms with Gasteiger partial charge in [0, 0.05) is 17.1 Å². The predicted octanol–water partition coefficient (Wildman–Crippen LogP) is 4.38. The number of carbonyl (C=O) groups is 1. The van der Waals surface area contributed by atoms with E-state index in [9.17, 15) is 4.79 Å². The average molecular weight is 316 g/mol. The van der Waals surface area contributed by atoms with Crippen LogP contribution in [0.3, 0.4) is 0 Å². The second-order valence-corrected chi connectivity index (χ2v) is 5.97. The van der Waals surface area contributed by atoms with E-state index in [2.05, 4.69) is 11.4 Å². The van der Waals surface area contributed by atoms with Crippen molar-refractivity contribution in [1.82, 2.24) is 0 Å². The summed E-state index contributed by atoms with van der Waals surface area (Å²) in [5.41, 5.74) is 3.09. The summed E-state index contributed by atoms with van der Waals surface area (Å²) in [6, 6.07) is 15.3. The number of thiocarbonyl (C=S) groups is 1. The highest BCUT2D eigenvalue weighted by Crippen LogP contribution is 2.30. The first-order chi connectivity index (χ1) is 10.1. The molecule has 0 amide bonds. The Balaban J connectivity index is 1.87. The summed E-state index contributed by atoms with van der Waals surface area (Å²) in [7, 11) is 0. The molecule has 106 valence electrons. The molecule has 2 aromatic rings. The Morgan fingerprint density at radius 1 is 1.10 bits per heavy atom. The summed E-state index contributed by atoms with van der Waals surface area (Å²) in [6.45, 7) is 0. The van der Waals surface area contributed by atoms with E-state index >= 15 is 0 Å². The van der Waals surface area contributed by atoms with Gasteiger partial charge in [0.05, 0.1) is 10.9 Å². The molecule has 0 bridgehead atoms. The summed E-state index contributed by atoms with van der Waals surface area (Å²) in [4.78, 5) is 12.8. The second-order valence-electron chi connectivity index (χ2n) is 5.09. The van der Waals surface area contributed by atoms with Crippen LogP contribution in [0, 0.1) is 0 Å². The van der Waals surface area contributed by atoms with Gasteiger partial charge in [0.1, 0.15) is 5.78 Å². The number of Topliss-reactive ketones (excluding diaryl/α,β-unsaturated/α-hetero) is 1. The number of hydrogen-bond donors (Lipinski definition) is 1. The smallest absolute Gasteiger partial charge is 0.147 e. The van der Waals surface area contributed by atoms with Gasteiger partial charge in [0.25, 0.3) is 0 Å². The predicted molar refractivity (Wildman–Crippen MR) is 90.2 cm³/mol. The Labute approximate surface area is 134 Å². The number of halogens is 1. The molecule has 3 rings (SSSR count). The maximum absolute atomic E-state index is 12.3. The number of ketones is 1. The fraction of sp³-hybridized carbons (Fsp3) is 0.176. The number of nitrogens with one attached hydrogen (secondary N) is 1. The number of carbonyl (C=O) groups excluding carboxylic acids is 1. The zero-order valence-corrected chi connectivity index (χ0v) is 12.9. The Morgan fingerprint density at radius 3 is 2.57 bits per heavy atom. The highest BCUT2D eigenvalue weighted by molar-refractivity contribution is 7.80. The molecule has 1 atom stereocenters. The van der Waals surface area contributed by atoms with Crippen LogP contribution in [0.1, 0.15) is 23.5 Å². The molecule has 2 aromatic carbocycles. The number of anilines is 1. The lowest BCUT2D eigenvalue weighted by Gasteiger charge is -2.25. The topological polar surface area (TPSA) is 29.1 Å². The number of benzene rings is 2. The molecule has 0 heterocycles. The molecule has 0 spiro atoms. The van der Waals surface area contributed by atoms with Crippen molar-refractivity contribution in [3.8, 4) is 0 Å². The lowest BCUT2D eigenvalue weighted by Crippen LogP contribution is -2.30. The summed E-state index contributed by atoms with van der Waals surface area (Å²) in [6.07, 6.45) is 1.35. The first-order valence-electron chi connectivity index (χ1n) is 6.82. The van der Waals surface area contributed by atoms with Crippen LogP contribution in [-0.4, -0.2) is 10.8 Å². The van der Waals surface area contributed by atoms with Gasteiger partial charge in [-0.15, -0.1) is 0 Å². The van der Waals surface area contributed by atoms with Crippen LogP contribution in [0.15, 0.2) is 48.5 Å². The quantitative estimate of drug-likeness (QED) is 0.834. The molecule has 0 radical (unpaired) electrons. The fourth-order valence-electron chi connectivity index (χ4n) is 2.65. The number of fused-ring (bicyclic) bond motifs is 1. The molecule has 2 nitrogen and oxygen atoms in total. The monoisotopic (exact) mass is 315 g/mol. The number of aryl methyl sites for hydroxylation is 1. The van der Waals surface area contributed by atoms with Gasteiger partial charge in [-0.3, -0.25) is 4.79 Å². The summed E-state index contributed by atoms with van der Waals surface area (Å²) < 4.78 is 0. The second kappa shape index (κ2) is 5.96. The Hall–Kier alpha value is -1.71. The van der Waals surface area contributed by atoms with Crippen LogP contribution in [-0.2, 0) is 11.2 Å². The van der Waals surface area contributed by atoms with Crippen molar-refractivity contribution >= 4 is 40.3 Å². The standard InChI is InChI=1S/C17H14ClNOS/c18-12-6-8-13(9-7-12)19-17(21)16-14-4-2-1-3-11(14)5-10-15(16)20/h1-4,6-9,16H,5,10H2,(H,19,21). The highest BCUT2D eigenvalue weighted by Gasteiger charge is 2.30. The van der Waals surface area contributed by atoms with Crippen LogP contribution < -0.4 is 5.32 Å². The van der Waals surface area contributed by atoms with Gasteiger partial charge >= 0.3 is 0 Å². The molecule has 1 aliphatic carbocycles. The normalized spacial score (nSPS) is 17.2. The molecule has 0 saturated heterocycles. The molecule has 0 fully saturated rings. The van der Waals surface area contributed by atoms with E-state index in [1.807, 2.05) is 30.3 Å². The Morgan fingerprint density at radius 2 is 1.81 bits per heavy atom. The maximum Gasteiger partial charge on any atom is 0.147 e. The van der Waals surface area contributed by atoms with E-state index in [0.717, 1.165) is 17.7 Å². The minimum Gasteiger partial charge on any atom is -0.349 e. The van der Waals surface area contributed by atoms with Crippen molar-refractivity contribution in [2.45, 2.75) is 18.8 Å². The molecule has 1 unspecified atom stereocenters. The van der Waals surface area contributed by atoms with E-state index < -0.39 is 0 Å². The lowest BCUT2D eigenvalue weighted by molar-refractivity contribution is -0.119. The van der Waals surface area contributed by atoms with Crippen LogP contribution in [0.25, 0.3) is 0 Å². The minimum atomic E-state index is -0.347. The van der Waals surface area contributed by atoms with Gasteiger partial charge in [-0.25, -0.2) is 0 Å². The van der Waals surface area contributed by atoms with E-state index in [-0.39, 0.29) is 11.7 Å². The van der Waals surface area contributed by atoms with E-state index in [1.54, 1.807) is 12.1 Å². The summed E-state index contributed by atoms with van der Waals surface area (Å²) in [5, 5.41) is 3.83. The molecule has 0 saturated carbocycles. The third kappa shape index (κ3) is 2.99. The largest absolute Gasteiger partial charge is 0.349 e. The van der Waals surface area contributed by atoms with Crippen molar-refractivity contribution in [2.24, 2.45) is 0 Å². The van der Waals surface area contributed by atoms with Gasteiger partial charge in [0.15, 0.2) is 0 Å². The van der Waals surface area contributed by atoms with Gasteiger partial charge in [-0.2, -0.15) is 0 Å². The lowest BCUT2D eigenvalue weighted by atomic mass is 9.81. The van der Waals surface area contributed by atoms with Gasteiger partial charge < -0.3 is 5.32 Å². The van der Waals surface area contributed by atoms with Crippen molar-refractivity contribution in [3.05, 3.63) is 64.7 Å². The SMILES string of the molecule is O=C1CCc2ccccc2C1C(=S)Nc1ccc(Cl)cc1. The average Bonchev–Trinajstić information content (AvgIpc) is 2.49. The van der Waals surface area contributed by atoms with E-state index in [4.69, 9.17) is 23.8 Å². The van der Waals surface area contributed by atoms with Gasteiger partial charge in [-0.1, -0.05) is 48.1 Å². The van der Waals surface area contributed by atoms with Crippen molar-refractivity contribution < 1.29 is 4.79 Å². The number of hydrogen-bond acceptors (Lipinski definition) is 2. The van der Waals surface area contributed by atoms with Gasteiger partial charge in [-0.05, 0) is 41.8 Å². The Bertz CT molecular complexity index is 696. The molecular formula is C17H14ClNOS. The fourth-order valence-corrected chi connectivity index (χ4v) is 3.16. The van der Waals surface area contributed by atoms with Crippen LogP contribution in [0.4, 0.5) is 5.69 Å². The summed E-state index contributed by atoms with van der Waals surface area (Å²) >= 11 is 11.3. The first-order valence-corrected chi connectivity index (χ1v) is 7.61. The zero-order chi connectivity index (χ0) is 14.8. The van der Waals surface area contributed by atoms with Crippen LogP contribution in [0.2, 0.25) is 5.02 Å². The Kier molecular flexibility index (Phi) is 4.04. The molecule has 21 heavy (non-hydrogen) atoms. The molecule has 1 N–H and O–H groups in total. The van der Waals surface area contributed by atoms with E-state index in [1.165, 1.54) is 5.56 Å². The van der Waals surface area contributed by atoms with Crippen LogP contribution in [0.5, 0.6) is 0 Å². The highest BCUT2D eigenvalue weighted by atomic mass is 35.5. The maximum atomic E-state index is 12.3. The third-order valence-electron chi connectivity index (χ3n) is 3.70. The minimum absolute atomic E-state index is 0.181. The van der Waals surface area contributed by atoms with E-state index in [0.29, 0.717) is 16.4 Å². The zero-order valence-electron chi connectivity index (χ0n) is 11.3.